The number of aliphatic carboxylic acids is 1. The Morgan fingerprint density at radius 3 is 2.83 bits per heavy atom. The van der Waals surface area contributed by atoms with E-state index in [1.165, 1.54) is 4.90 Å². The third kappa shape index (κ3) is 4.53. The number of benzene rings is 1. The van der Waals surface area contributed by atoms with Gasteiger partial charge in [0.2, 0.25) is 5.91 Å². The summed E-state index contributed by atoms with van der Waals surface area (Å²) in [7, 11) is 1.58. The van der Waals surface area contributed by atoms with Gasteiger partial charge < -0.3 is 19.5 Å². The fourth-order valence-electron chi connectivity index (χ4n) is 2.61. The van der Waals surface area contributed by atoms with Crippen LogP contribution in [-0.4, -0.2) is 54.9 Å². The van der Waals surface area contributed by atoms with Crippen LogP contribution in [-0.2, 0) is 32.0 Å². The van der Waals surface area contributed by atoms with Crippen LogP contribution < -0.4 is 0 Å². The van der Waals surface area contributed by atoms with Gasteiger partial charge in [-0.1, -0.05) is 28.1 Å². The summed E-state index contributed by atoms with van der Waals surface area (Å²) >= 11 is 3.45. The predicted octanol–water partition coefficient (Wildman–Crippen LogP) is 1.84. The van der Waals surface area contributed by atoms with Gasteiger partial charge >= 0.3 is 5.97 Å². The summed E-state index contributed by atoms with van der Waals surface area (Å²) in [6.07, 6.45) is 0.471. The van der Waals surface area contributed by atoms with E-state index in [4.69, 9.17) is 9.47 Å². The van der Waals surface area contributed by atoms with Crippen LogP contribution in [0.1, 0.15) is 17.5 Å². The molecule has 1 heterocycles. The van der Waals surface area contributed by atoms with E-state index in [-0.39, 0.29) is 18.9 Å². The van der Waals surface area contributed by atoms with Crippen molar-refractivity contribution in [3.05, 3.63) is 33.8 Å². The van der Waals surface area contributed by atoms with E-state index >= 15 is 0 Å². The van der Waals surface area contributed by atoms with Crippen molar-refractivity contribution in [2.45, 2.75) is 25.4 Å². The summed E-state index contributed by atoms with van der Waals surface area (Å²) in [5.74, 6) is -1.19. The van der Waals surface area contributed by atoms with E-state index in [1.807, 2.05) is 18.2 Å². The highest BCUT2D eigenvalue weighted by atomic mass is 79.9. The second kappa shape index (κ2) is 8.42. The van der Waals surface area contributed by atoms with Crippen molar-refractivity contribution in [2.75, 3.05) is 26.9 Å². The highest BCUT2D eigenvalue weighted by molar-refractivity contribution is 9.10. The quantitative estimate of drug-likeness (QED) is 0.724. The van der Waals surface area contributed by atoms with Crippen LogP contribution >= 0.6 is 15.9 Å². The van der Waals surface area contributed by atoms with Crippen molar-refractivity contribution < 1.29 is 24.2 Å². The number of hydrogen-bond acceptors (Lipinski definition) is 4. The molecule has 126 valence electrons. The van der Waals surface area contributed by atoms with Gasteiger partial charge in [0.05, 0.1) is 26.2 Å². The first-order chi connectivity index (χ1) is 11.0. The molecule has 0 aromatic heterocycles. The molecular weight excluding hydrogens is 366 g/mol. The minimum atomic E-state index is -0.986. The Morgan fingerprint density at radius 2 is 2.13 bits per heavy atom. The Labute approximate surface area is 143 Å². The lowest BCUT2D eigenvalue weighted by Crippen LogP contribution is -2.49. The standard InChI is InChI=1S/C16H20BrNO5/c1-22-7-8-23-6-5-15(19)18-10-11-3-2-4-13(17)12(11)9-14(18)16(20)21/h2-4,14H,5-10H2,1H3,(H,20,21). The number of fused-ring (bicyclic) bond motifs is 1. The van der Waals surface area contributed by atoms with Crippen molar-refractivity contribution in [1.82, 2.24) is 4.90 Å². The molecule has 0 radical (unpaired) electrons. The van der Waals surface area contributed by atoms with Gasteiger partial charge in [0.1, 0.15) is 6.04 Å². The van der Waals surface area contributed by atoms with Gasteiger partial charge in [-0.3, -0.25) is 4.79 Å². The molecule has 1 aliphatic heterocycles. The van der Waals surface area contributed by atoms with Crippen molar-refractivity contribution >= 4 is 27.8 Å². The van der Waals surface area contributed by atoms with Crippen LogP contribution in [0.2, 0.25) is 0 Å². The number of carbonyl (C=O) groups excluding carboxylic acids is 1. The molecule has 1 amide bonds. The lowest BCUT2D eigenvalue weighted by molar-refractivity contribution is -0.151. The van der Waals surface area contributed by atoms with Crippen LogP contribution in [0.3, 0.4) is 0 Å². The third-order valence-electron chi connectivity index (χ3n) is 3.83. The molecule has 1 N–H and O–H groups in total. The van der Waals surface area contributed by atoms with Gasteiger partial charge in [0.25, 0.3) is 0 Å². The molecular formula is C16H20BrNO5. The van der Waals surface area contributed by atoms with Gasteiger partial charge in [-0.05, 0) is 17.2 Å². The number of carbonyl (C=O) groups is 2. The molecule has 6 nitrogen and oxygen atoms in total. The van der Waals surface area contributed by atoms with E-state index in [0.717, 1.165) is 15.6 Å². The second-order valence-electron chi connectivity index (χ2n) is 5.31. The lowest BCUT2D eigenvalue weighted by atomic mass is 9.93. The number of rotatable bonds is 7. The first-order valence-electron chi connectivity index (χ1n) is 7.39. The minimum Gasteiger partial charge on any atom is -0.480 e. The molecule has 23 heavy (non-hydrogen) atoms. The molecule has 0 aliphatic carbocycles. The zero-order chi connectivity index (χ0) is 16.8. The molecule has 0 saturated carbocycles. The summed E-state index contributed by atoms with van der Waals surface area (Å²) < 4.78 is 11.0. The van der Waals surface area contributed by atoms with Crippen molar-refractivity contribution in [1.29, 1.82) is 0 Å². The number of ether oxygens (including phenoxy) is 2. The smallest absolute Gasteiger partial charge is 0.326 e. The topological polar surface area (TPSA) is 76.1 Å². The Morgan fingerprint density at radius 1 is 1.35 bits per heavy atom. The number of nitrogens with zero attached hydrogens (tertiary/aromatic N) is 1. The van der Waals surface area contributed by atoms with E-state index in [9.17, 15) is 14.7 Å². The molecule has 1 aromatic rings. The monoisotopic (exact) mass is 385 g/mol. The Hall–Kier alpha value is -1.44. The van der Waals surface area contributed by atoms with E-state index < -0.39 is 12.0 Å². The van der Waals surface area contributed by atoms with Gasteiger partial charge in [-0.25, -0.2) is 4.79 Å². The fourth-order valence-corrected chi connectivity index (χ4v) is 3.18. The first-order valence-corrected chi connectivity index (χ1v) is 8.19. The third-order valence-corrected chi connectivity index (χ3v) is 4.57. The maximum Gasteiger partial charge on any atom is 0.326 e. The Bertz CT molecular complexity index is 578. The highest BCUT2D eigenvalue weighted by Gasteiger charge is 2.34. The second-order valence-corrected chi connectivity index (χ2v) is 6.17. The van der Waals surface area contributed by atoms with Gasteiger partial charge in [-0.2, -0.15) is 0 Å². The van der Waals surface area contributed by atoms with Gasteiger partial charge in [0, 0.05) is 24.5 Å². The van der Waals surface area contributed by atoms with E-state index in [0.29, 0.717) is 26.2 Å². The number of carboxylic acid groups (broad SMARTS) is 1. The van der Waals surface area contributed by atoms with Crippen LogP contribution in [0.15, 0.2) is 22.7 Å². The van der Waals surface area contributed by atoms with Crippen LogP contribution in [0.4, 0.5) is 0 Å². The number of carboxylic acids is 1. The average Bonchev–Trinajstić information content (AvgIpc) is 2.53. The Kier molecular flexibility index (Phi) is 6.56. The minimum absolute atomic E-state index is 0.164. The van der Waals surface area contributed by atoms with Crippen LogP contribution in [0, 0.1) is 0 Å². The van der Waals surface area contributed by atoms with Crippen molar-refractivity contribution in [2.24, 2.45) is 0 Å². The summed E-state index contributed by atoms with van der Waals surface area (Å²) in [6.45, 7) is 1.46. The Balaban J connectivity index is 2.04. The normalized spacial score (nSPS) is 17.0. The average molecular weight is 386 g/mol. The van der Waals surface area contributed by atoms with Crippen molar-refractivity contribution in [3.63, 3.8) is 0 Å². The number of amides is 1. The largest absolute Gasteiger partial charge is 0.480 e. The maximum atomic E-state index is 12.4. The van der Waals surface area contributed by atoms with E-state index in [2.05, 4.69) is 15.9 Å². The van der Waals surface area contributed by atoms with Crippen LogP contribution in [0.25, 0.3) is 0 Å². The van der Waals surface area contributed by atoms with Crippen molar-refractivity contribution in [3.8, 4) is 0 Å². The summed E-state index contributed by atoms with van der Waals surface area (Å²) in [5.41, 5.74) is 1.94. The maximum absolute atomic E-state index is 12.4. The number of hydrogen-bond donors (Lipinski definition) is 1. The first kappa shape index (κ1) is 17.9. The SMILES string of the molecule is COCCOCCC(=O)N1Cc2cccc(Br)c2CC1C(=O)O. The zero-order valence-electron chi connectivity index (χ0n) is 13.0. The zero-order valence-corrected chi connectivity index (χ0v) is 14.5. The molecule has 0 saturated heterocycles. The summed E-state index contributed by atoms with van der Waals surface area (Å²) in [4.78, 5) is 25.4. The molecule has 7 heteroatoms. The van der Waals surface area contributed by atoms with E-state index in [1.54, 1.807) is 7.11 Å². The summed E-state index contributed by atoms with van der Waals surface area (Å²) in [6, 6.07) is 4.86. The molecule has 0 spiro atoms. The fraction of sp³-hybridized carbons (Fsp3) is 0.500. The molecule has 0 bridgehead atoms. The summed E-state index contributed by atoms with van der Waals surface area (Å²) in [5, 5.41) is 9.46. The molecule has 1 atom stereocenters. The molecule has 0 fully saturated rings. The number of methoxy groups -OCH3 is 1. The molecule has 1 aromatic carbocycles. The lowest BCUT2D eigenvalue weighted by Gasteiger charge is -2.35. The molecule has 1 unspecified atom stereocenters. The predicted molar refractivity (Wildman–Crippen MR) is 87.1 cm³/mol. The van der Waals surface area contributed by atoms with Gasteiger partial charge in [0.15, 0.2) is 0 Å². The van der Waals surface area contributed by atoms with Crippen LogP contribution in [0.5, 0.6) is 0 Å². The molecule has 2 rings (SSSR count). The number of halogens is 1. The van der Waals surface area contributed by atoms with Gasteiger partial charge in [-0.15, -0.1) is 0 Å². The highest BCUT2D eigenvalue weighted by Crippen LogP contribution is 2.29. The molecule has 1 aliphatic rings.